The average Bonchev–Trinajstić information content (AvgIpc) is 2.21. The molecule has 0 saturated carbocycles. The number of hydrogen-bond donors (Lipinski definition) is 0. The van der Waals surface area contributed by atoms with Crippen LogP contribution in [0.15, 0.2) is 22.7 Å². The van der Waals surface area contributed by atoms with Crippen molar-refractivity contribution in [3.8, 4) is 0 Å². The number of carbonyl (C=O) groups is 1. The van der Waals surface area contributed by atoms with Crippen molar-refractivity contribution in [2.75, 3.05) is 0 Å². The summed E-state index contributed by atoms with van der Waals surface area (Å²) in [6.45, 7) is 1.98. The highest BCUT2D eigenvalue weighted by Crippen LogP contribution is 2.21. The molecule has 1 rings (SSSR count). The molecule has 1 nitrogen and oxygen atoms in total. The monoisotopic (exact) mass is 272 g/mol. The normalized spacial score (nSPS) is 10.3. The lowest BCUT2D eigenvalue weighted by Crippen LogP contribution is -2.00. The summed E-state index contributed by atoms with van der Waals surface area (Å²) in [6.07, 6.45) is 2.60. The minimum Gasteiger partial charge on any atom is -0.300 e. The first kappa shape index (κ1) is 12.4. The van der Waals surface area contributed by atoms with Crippen LogP contribution in [0.2, 0.25) is 0 Å². The molecule has 15 heavy (non-hydrogen) atoms. The molecular weight excluding hydrogens is 259 g/mol. The second-order valence-electron chi connectivity index (χ2n) is 3.50. The second-order valence-corrected chi connectivity index (χ2v) is 4.29. The van der Waals surface area contributed by atoms with Crippen molar-refractivity contribution in [2.24, 2.45) is 0 Å². The van der Waals surface area contributed by atoms with Crippen molar-refractivity contribution in [1.29, 1.82) is 0 Å². The maximum absolute atomic E-state index is 13.1. The van der Waals surface area contributed by atoms with Gasteiger partial charge in [0, 0.05) is 12.8 Å². The first-order valence-corrected chi connectivity index (χ1v) is 5.89. The van der Waals surface area contributed by atoms with Gasteiger partial charge in [-0.1, -0.05) is 19.1 Å². The lowest BCUT2D eigenvalue weighted by Gasteiger charge is -2.04. The van der Waals surface area contributed by atoms with Crippen LogP contribution in [0, 0.1) is 5.82 Å². The zero-order valence-corrected chi connectivity index (χ0v) is 10.3. The van der Waals surface area contributed by atoms with E-state index in [-0.39, 0.29) is 11.6 Å². The molecule has 1 aromatic carbocycles. The molecular formula is C12H14BrFO. The third-order valence-corrected chi connectivity index (χ3v) is 3.12. The molecule has 0 aliphatic rings. The Balaban J connectivity index is 2.58. The number of aryl methyl sites for hydroxylation is 1. The van der Waals surface area contributed by atoms with Crippen LogP contribution in [0.4, 0.5) is 4.39 Å². The van der Waals surface area contributed by atoms with Gasteiger partial charge in [0.25, 0.3) is 0 Å². The van der Waals surface area contributed by atoms with E-state index in [1.807, 2.05) is 13.0 Å². The fourth-order valence-electron chi connectivity index (χ4n) is 1.42. The molecule has 1 aromatic rings. The zero-order chi connectivity index (χ0) is 11.3. The predicted molar refractivity (Wildman–Crippen MR) is 62.3 cm³/mol. The van der Waals surface area contributed by atoms with E-state index in [1.165, 1.54) is 6.07 Å². The van der Waals surface area contributed by atoms with E-state index in [1.54, 1.807) is 6.07 Å². The first-order chi connectivity index (χ1) is 7.15. The molecule has 0 radical (unpaired) electrons. The van der Waals surface area contributed by atoms with Crippen molar-refractivity contribution in [3.05, 3.63) is 34.1 Å². The van der Waals surface area contributed by atoms with Crippen molar-refractivity contribution >= 4 is 21.7 Å². The maximum Gasteiger partial charge on any atom is 0.137 e. The highest BCUT2D eigenvalue weighted by Gasteiger charge is 2.07. The molecule has 82 valence electrons. The molecule has 0 aromatic heterocycles. The SMILES string of the molecule is CCCC(=O)CCc1cccc(F)c1Br. The Morgan fingerprint density at radius 1 is 1.40 bits per heavy atom. The fraction of sp³-hybridized carbons (Fsp3) is 0.417. The Kier molecular flexibility index (Phi) is 4.95. The predicted octanol–water partition coefficient (Wildman–Crippen LogP) is 3.89. The smallest absolute Gasteiger partial charge is 0.137 e. The second kappa shape index (κ2) is 6.01. The van der Waals surface area contributed by atoms with Crippen molar-refractivity contribution < 1.29 is 9.18 Å². The minimum atomic E-state index is -0.268. The maximum atomic E-state index is 13.1. The lowest BCUT2D eigenvalue weighted by atomic mass is 10.1. The Bertz CT molecular complexity index is 349. The molecule has 0 N–H and O–H groups in total. The van der Waals surface area contributed by atoms with Gasteiger partial charge >= 0.3 is 0 Å². The molecule has 0 atom stereocenters. The number of hydrogen-bond acceptors (Lipinski definition) is 1. The number of benzene rings is 1. The van der Waals surface area contributed by atoms with E-state index in [4.69, 9.17) is 0 Å². The molecule has 3 heteroatoms. The largest absolute Gasteiger partial charge is 0.300 e. The van der Waals surface area contributed by atoms with Crippen LogP contribution in [0.5, 0.6) is 0 Å². The van der Waals surface area contributed by atoms with Crippen LogP contribution in [0.25, 0.3) is 0 Å². The molecule has 0 bridgehead atoms. The standard InChI is InChI=1S/C12H14BrFO/c1-2-4-10(15)8-7-9-5-3-6-11(14)12(9)13/h3,5-6H,2,4,7-8H2,1H3. The molecule has 0 aliphatic carbocycles. The summed E-state index contributed by atoms with van der Waals surface area (Å²) < 4.78 is 13.6. The molecule has 0 saturated heterocycles. The van der Waals surface area contributed by atoms with Gasteiger partial charge in [0.1, 0.15) is 11.6 Å². The van der Waals surface area contributed by atoms with Gasteiger partial charge in [0.05, 0.1) is 4.47 Å². The Morgan fingerprint density at radius 2 is 2.13 bits per heavy atom. The number of Topliss-reactive ketones (excluding diaryl/α,β-unsaturated/α-hetero) is 1. The lowest BCUT2D eigenvalue weighted by molar-refractivity contribution is -0.119. The van der Waals surface area contributed by atoms with Gasteiger partial charge in [0.15, 0.2) is 0 Å². The fourth-order valence-corrected chi connectivity index (χ4v) is 1.88. The quantitative estimate of drug-likeness (QED) is 0.795. The van der Waals surface area contributed by atoms with E-state index in [0.29, 0.717) is 23.7 Å². The summed E-state index contributed by atoms with van der Waals surface area (Å²) >= 11 is 3.18. The molecule has 0 heterocycles. The summed E-state index contributed by atoms with van der Waals surface area (Å²) in [5.41, 5.74) is 0.861. The van der Waals surface area contributed by atoms with E-state index in [9.17, 15) is 9.18 Å². The van der Waals surface area contributed by atoms with Crippen LogP contribution in [0.3, 0.4) is 0 Å². The Morgan fingerprint density at radius 3 is 2.80 bits per heavy atom. The summed E-state index contributed by atoms with van der Waals surface area (Å²) in [5, 5.41) is 0. The minimum absolute atomic E-state index is 0.244. The van der Waals surface area contributed by atoms with Crippen LogP contribution in [-0.2, 0) is 11.2 Å². The Labute approximate surface area is 97.8 Å². The van der Waals surface area contributed by atoms with Gasteiger partial charge in [0.2, 0.25) is 0 Å². The number of halogens is 2. The van der Waals surface area contributed by atoms with Crippen LogP contribution < -0.4 is 0 Å². The summed E-state index contributed by atoms with van der Waals surface area (Å²) in [5.74, 6) is -0.0240. The molecule has 0 fully saturated rings. The van der Waals surface area contributed by atoms with Crippen molar-refractivity contribution in [2.45, 2.75) is 32.6 Å². The van der Waals surface area contributed by atoms with Crippen molar-refractivity contribution in [1.82, 2.24) is 0 Å². The topological polar surface area (TPSA) is 17.1 Å². The van der Waals surface area contributed by atoms with E-state index in [0.717, 1.165) is 12.0 Å². The van der Waals surface area contributed by atoms with Gasteiger partial charge in [-0.05, 0) is 40.4 Å². The summed E-state index contributed by atoms with van der Waals surface area (Å²) in [4.78, 5) is 11.3. The van der Waals surface area contributed by atoms with Crippen molar-refractivity contribution in [3.63, 3.8) is 0 Å². The third-order valence-electron chi connectivity index (χ3n) is 2.23. The molecule has 0 spiro atoms. The zero-order valence-electron chi connectivity index (χ0n) is 8.72. The van der Waals surface area contributed by atoms with Gasteiger partial charge in [-0.2, -0.15) is 0 Å². The Hall–Kier alpha value is -0.700. The van der Waals surface area contributed by atoms with Crippen LogP contribution in [-0.4, -0.2) is 5.78 Å². The van der Waals surface area contributed by atoms with Gasteiger partial charge in [-0.25, -0.2) is 4.39 Å². The molecule has 0 amide bonds. The highest BCUT2D eigenvalue weighted by atomic mass is 79.9. The summed E-state index contributed by atoms with van der Waals surface area (Å²) in [7, 11) is 0. The van der Waals surface area contributed by atoms with Crippen LogP contribution in [0.1, 0.15) is 31.7 Å². The van der Waals surface area contributed by atoms with E-state index < -0.39 is 0 Å². The van der Waals surface area contributed by atoms with E-state index >= 15 is 0 Å². The first-order valence-electron chi connectivity index (χ1n) is 5.09. The highest BCUT2D eigenvalue weighted by molar-refractivity contribution is 9.10. The number of ketones is 1. The van der Waals surface area contributed by atoms with Gasteiger partial charge in [-0.15, -0.1) is 0 Å². The van der Waals surface area contributed by atoms with Gasteiger partial charge in [-0.3, -0.25) is 4.79 Å². The number of rotatable bonds is 5. The number of carbonyl (C=O) groups excluding carboxylic acids is 1. The van der Waals surface area contributed by atoms with E-state index in [2.05, 4.69) is 15.9 Å². The van der Waals surface area contributed by atoms with Gasteiger partial charge < -0.3 is 0 Å². The van der Waals surface area contributed by atoms with Crippen LogP contribution >= 0.6 is 15.9 Å². The molecule has 0 unspecified atom stereocenters. The molecule has 0 aliphatic heterocycles. The average molecular weight is 273 g/mol. The summed E-state index contributed by atoms with van der Waals surface area (Å²) in [6, 6.07) is 4.91. The third kappa shape index (κ3) is 3.74.